The van der Waals surface area contributed by atoms with Crippen LogP contribution in [0.15, 0.2) is 54.6 Å². The van der Waals surface area contributed by atoms with Crippen molar-refractivity contribution in [2.75, 3.05) is 31.2 Å². The first-order valence-electron chi connectivity index (χ1n) is 10.7. The molecule has 0 aliphatic carbocycles. The highest BCUT2D eigenvalue weighted by atomic mass is 19.1. The SMILES string of the molecule is C/C=C(\CCC(=N)CC(=O)NCc1cccc(F)c1)c1ccc(N2CCOCC2)cc1. The minimum Gasteiger partial charge on any atom is -0.378 e. The van der Waals surface area contributed by atoms with E-state index in [0.717, 1.165) is 31.9 Å². The molecule has 6 heteroatoms. The predicted molar refractivity (Wildman–Crippen MR) is 123 cm³/mol. The number of morpholine rings is 1. The lowest BCUT2D eigenvalue weighted by molar-refractivity contribution is -0.120. The van der Waals surface area contributed by atoms with Gasteiger partial charge in [0, 0.05) is 31.0 Å². The molecule has 3 rings (SSSR count). The topological polar surface area (TPSA) is 65.4 Å². The zero-order valence-electron chi connectivity index (χ0n) is 18.0. The van der Waals surface area contributed by atoms with Gasteiger partial charge in [-0.2, -0.15) is 0 Å². The smallest absolute Gasteiger partial charge is 0.225 e. The Balaban J connectivity index is 1.45. The van der Waals surface area contributed by atoms with E-state index in [1.54, 1.807) is 12.1 Å². The Hall–Kier alpha value is -2.99. The summed E-state index contributed by atoms with van der Waals surface area (Å²) in [6.45, 7) is 5.61. The zero-order valence-corrected chi connectivity index (χ0v) is 18.0. The van der Waals surface area contributed by atoms with Gasteiger partial charge in [0.05, 0.1) is 19.6 Å². The van der Waals surface area contributed by atoms with Gasteiger partial charge in [-0.05, 0) is 60.7 Å². The van der Waals surface area contributed by atoms with Crippen LogP contribution in [0.4, 0.5) is 10.1 Å². The number of halogens is 1. The van der Waals surface area contributed by atoms with Gasteiger partial charge in [-0.15, -0.1) is 0 Å². The van der Waals surface area contributed by atoms with Crippen LogP contribution in [0.1, 0.15) is 37.3 Å². The highest BCUT2D eigenvalue weighted by Gasteiger charge is 2.12. The van der Waals surface area contributed by atoms with Gasteiger partial charge >= 0.3 is 0 Å². The van der Waals surface area contributed by atoms with E-state index in [9.17, 15) is 9.18 Å². The first kappa shape index (κ1) is 22.7. The normalized spacial score (nSPS) is 14.4. The number of benzene rings is 2. The van der Waals surface area contributed by atoms with Gasteiger partial charge in [0.25, 0.3) is 0 Å². The number of hydrogen-bond donors (Lipinski definition) is 2. The molecule has 1 amide bonds. The molecule has 1 aliphatic heterocycles. The maximum atomic E-state index is 13.2. The standard InChI is InChI=1S/C25H30FN3O2/c1-2-20(21-7-10-24(11-8-21)29-12-14-31-15-13-29)6-9-23(27)17-25(30)28-18-19-4-3-5-22(26)16-19/h2-5,7-8,10-11,16,27H,6,9,12-15,17-18H2,1H3,(H,28,30)/b20-2+,27-23?. The van der Waals surface area contributed by atoms with Gasteiger partial charge < -0.3 is 20.4 Å². The molecule has 1 aliphatic rings. The molecule has 1 saturated heterocycles. The Morgan fingerprint density at radius 1 is 1.16 bits per heavy atom. The lowest BCUT2D eigenvalue weighted by atomic mass is 9.98. The second-order valence-electron chi connectivity index (χ2n) is 7.65. The molecule has 31 heavy (non-hydrogen) atoms. The number of carbonyl (C=O) groups is 1. The van der Waals surface area contributed by atoms with Crippen molar-refractivity contribution in [3.63, 3.8) is 0 Å². The van der Waals surface area contributed by atoms with Gasteiger partial charge in [0.15, 0.2) is 0 Å². The van der Waals surface area contributed by atoms with E-state index in [-0.39, 0.29) is 24.7 Å². The van der Waals surface area contributed by atoms with Gasteiger partial charge in [-0.3, -0.25) is 4.79 Å². The number of rotatable bonds is 9. The summed E-state index contributed by atoms with van der Waals surface area (Å²) < 4.78 is 18.6. The zero-order chi connectivity index (χ0) is 22.1. The fraction of sp³-hybridized carbons (Fsp3) is 0.360. The Labute approximate surface area is 183 Å². The molecule has 1 fully saturated rings. The van der Waals surface area contributed by atoms with Crippen molar-refractivity contribution < 1.29 is 13.9 Å². The van der Waals surface area contributed by atoms with Crippen LogP contribution in [0, 0.1) is 11.2 Å². The fourth-order valence-electron chi connectivity index (χ4n) is 3.64. The van der Waals surface area contributed by atoms with Gasteiger partial charge in [0.2, 0.25) is 5.91 Å². The number of ether oxygens (including phenoxy) is 1. The molecule has 0 aromatic heterocycles. The summed E-state index contributed by atoms with van der Waals surface area (Å²) in [6, 6.07) is 14.7. The molecule has 5 nitrogen and oxygen atoms in total. The molecule has 2 aromatic carbocycles. The third-order valence-electron chi connectivity index (χ3n) is 5.41. The van der Waals surface area contributed by atoms with Crippen molar-refractivity contribution in [2.24, 2.45) is 0 Å². The van der Waals surface area contributed by atoms with Crippen molar-refractivity contribution in [3.8, 4) is 0 Å². The molecule has 1 heterocycles. The fourth-order valence-corrected chi connectivity index (χ4v) is 3.64. The van der Waals surface area contributed by atoms with Crippen LogP contribution in [0.3, 0.4) is 0 Å². The summed E-state index contributed by atoms with van der Waals surface area (Å²) in [7, 11) is 0. The van der Waals surface area contributed by atoms with Crippen molar-refractivity contribution in [1.82, 2.24) is 5.32 Å². The Morgan fingerprint density at radius 2 is 1.90 bits per heavy atom. The number of nitrogens with zero attached hydrogens (tertiary/aromatic N) is 1. The summed E-state index contributed by atoms with van der Waals surface area (Å²) >= 11 is 0. The van der Waals surface area contributed by atoms with Gasteiger partial charge in [-0.1, -0.05) is 30.3 Å². The minimum atomic E-state index is -0.323. The molecule has 0 spiro atoms. The quantitative estimate of drug-likeness (QED) is 0.581. The van der Waals surface area contributed by atoms with Crippen LogP contribution in [0.2, 0.25) is 0 Å². The lowest BCUT2D eigenvalue weighted by Gasteiger charge is -2.29. The van der Waals surface area contributed by atoms with Crippen LogP contribution < -0.4 is 10.2 Å². The maximum Gasteiger partial charge on any atom is 0.225 e. The number of anilines is 1. The summed E-state index contributed by atoms with van der Waals surface area (Å²) in [5, 5.41) is 10.9. The summed E-state index contributed by atoms with van der Waals surface area (Å²) in [5.74, 6) is -0.539. The molecule has 0 radical (unpaired) electrons. The van der Waals surface area contributed by atoms with Crippen molar-refractivity contribution >= 4 is 22.9 Å². The van der Waals surface area contributed by atoms with Crippen LogP contribution in [-0.4, -0.2) is 37.9 Å². The molecule has 2 aromatic rings. The average Bonchev–Trinajstić information content (AvgIpc) is 2.79. The van der Waals surface area contributed by atoms with E-state index < -0.39 is 0 Å². The molecule has 0 saturated carbocycles. The maximum absolute atomic E-state index is 13.2. The largest absolute Gasteiger partial charge is 0.378 e. The highest BCUT2D eigenvalue weighted by molar-refractivity contribution is 5.99. The third kappa shape index (κ3) is 7.03. The molecule has 0 unspecified atom stereocenters. The average molecular weight is 424 g/mol. The van der Waals surface area contributed by atoms with Crippen molar-refractivity contribution in [1.29, 1.82) is 5.41 Å². The lowest BCUT2D eigenvalue weighted by Crippen LogP contribution is -2.36. The number of carbonyl (C=O) groups excluding carboxylic acids is 1. The number of hydrogen-bond acceptors (Lipinski definition) is 4. The summed E-state index contributed by atoms with van der Waals surface area (Å²) in [4.78, 5) is 14.4. The third-order valence-corrected chi connectivity index (χ3v) is 5.41. The van der Waals surface area contributed by atoms with Crippen LogP contribution >= 0.6 is 0 Å². The number of allylic oxidation sites excluding steroid dienone is 2. The van der Waals surface area contributed by atoms with Crippen LogP contribution in [0.5, 0.6) is 0 Å². The summed E-state index contributed by atoms with van der Waals surface area (Å²) in [5.41, 5.74) is 4.60. The van der Waals surface area contributed by atoms with E-state index in [2.05, 4.69) is 40.6 Å². The van der Waals surface area contributed by atoms with E-state index >= 15 is 0 Å². The second-order valence-corrected chi connectivity index (χ2v) is 7.65. The molecular formula is C25H30FN3O2. The van der Waals surface area contributed by atoms with E-state index in [1.165, 1.54) is 23.4 Å². The van der Waals surface area contributed by atoms with Crippen molar-refractivity contribution in [3.05, 3.63) is 71.6 Å². The molecule has 164 valence electrons. The van der Waals surface area contributed by atoms with E-state index in [1.807, 2.05) is 6.92 Å². The first-order valence-corrected chi connectivity index (χ1v) is 10.7. The molecule has 2 N–H and O–H groups in total. The first-order chi connectivity index (χ1) is 15.0. The van der Waals surface area contributed by atoms with E-state index in [4.69, 9.17) is 10.1 Å². The van der Waals surface area contributed by atoms with Crippen LogP contribution in [-0.2, 0) is 16.1 Å². The predicted octanol–water partition coefficient (Wildman–Crippen LogP) is 4.57. The molecular weight excluding hydrogens is 393 g/mol. The molecule has 0 atom stereocenters. The second kappa shape index (κ2) is 11.4. The van der Waals surface area contributed by atoms with Crippen molar-refractivity contribution in [2.45, 2.75) is 32.7 Å². The van der Waals surface area contributed by atoms with E-state index in [0.29, 0.717) is 24.1 Å². The van der Waals surface area contributed by atoms with Crippen LogP contribution in [0.25, 0.3) is 5.57 Å². The Morgan fingerprint density at radius 3 is 2.58 bits per heavy atom. The summed E-state index contributed by atoms with van der Waals surface area (Å²) in [6.07, 6.45) is 3.37. The minimum absolute atomic E-state index is 0.0578. The Kier molecular flexibility index (Phi) is 8.35. The monoisotopic (exact) mass is 423 g/mol. The van der Waals surface area contributed by atoms with Gasteiger partial charge in [-0.25, -0.2) is 4.39 Å². The highest BCUT2D eigenvalue weighted by Crippen LogP contribution is 2.24. The number of nitrogens with one attached hydrogen (secondary N) is 2. The van der Waals surface area contributed by atoms with Gasteiger partial charge in [0.1, 0.15) is 5.82 Å². The molecule has 0 bridgehead atoms. The Bertz CT molecular complexity index is 919. The number of amides is 1.